The van der Waals surface area contributed by atoms with E-state index in [0.29, 0.717) is 11.3 Å². The summed E-state index contributed by atoms with van der Waals surface area (Å²) in [6.07, 6.45) is 0. The lowest BCUT2D eigenvalue weighted by molar-refractivity contribution is -0.132. The van der Waals surface area contributed by atoms with E-state index in [4.69, 9.17) is 4.74 Å². The number of aromatic nitrogens is 1. The normalized spacial score (nSPS) is 10.6. The van der Waals surface area contributed by atoms with Crippen LogP contribution >= 0.6 is 11.3 Å². The molecule has 0 aliphatic heterocycles. The Labute approximate surface area is 155 Å². The minimum absolute atomic E-state index is 0.0966. The molecule has 0 spiro atoms. The lowest BCUT2D eigenvalue weighted by Crippen LogP contribution is -2.31. The number of thiazole rings is 1. The monoisotopic (exact) mass is 370 g/mol. The predicted octanol–water partition coefficient (Wildman–Crippen LogP) is 4.30. The summed E-state index contributed by atoms with van der Waals surface area (Å²) in [7, 11) is 1.63. The Morgan fingerprint density at radius 1 is 1.19 bits per heavy atom. The molecule has 0 aliphatic carbocycles. The Bertz CT molecular complexity index is 893. The van der Waals surface area contributed by atoms with Crippen molar-refractivity contribution in [3.05, 3.63) is 71.0 Å². The molecular weight excluding hydrogens is 351 g/mol. The molecule has 1 amide bonds. The number of nitrogens with zero attached hydrogens (tertiary/aromatic N) is 2. The average Bonchev–Trinajstić information content (AvgIpc) is 3.08. The van der Waals surface area contributed by atoms with Gasteiger partial charge in [0.1, 0.15) is 16.6 Å². The number of carbonyl (C=O) groups excluding carboxylic acids is 1. The van der Waals surface area contributed by atoms with Gasteiger partial charge in [0, 0.05) is 35.8 Å². The molecule has 0 bridgehead atoms. The van der Waals surface area contributed by atoms with Crippen LogP contribution in [0.1, 0.15) is 11.3 Å². The molecular formula is C20H19FN2O2S. The van der Waals surface area contributed by atoms with Crippen molar-refractivity contribution in [2.24, 2.45) is 0 Å². The number of ether oxygens (including phenoxy) is 1. The van der Waals surface area contributed by atoms with Gasteiger partial charge in [0.05, 0.1) is 0 Å². The maximum Gasteiger partial charge on any atom is 0.260 e. The van der Waals surface area contributed by atoms with Gasteiger partial charge in [-0.2, -0.15) is 0 Å². The number of halogens is 1. The number of hydrogen-bond acceptors (Lipinski definition) is 4. The fourth-order valence-electron chi connectivity index (χ4n) is 2.41. The highest BCUT2D eigenvalue weighted by molar-refractivity contribution is 7.13. The second kappa shape index (κ2) is 8.10. The van der Waals surface area contributed by atoms with Crippen LogP contribution in [-0.4, -0.2) is 29.4 Å². The van der Waals surface area contributed by atoms with Crippen LogP contribution in [0.5, 0.6) is 5.75 Å². The van der Waals surface area contributed by atoms with Crippen LogP contribution in [0, 0.1) is 12.7 Å². The van der Waals surface area contributed by atoms with E-state index in [1.807, 2.05) is 36.6 Å². The number of hydrogen-bond donors (Lipinski definition) is 0. The van der Waals surface area contributed by atoms with Crippen molar-refractivity contribution in [2.75, 3.05) is 13.7 Å². The first-order valence-corrected chi connectivity index (χ1v) is 9.03. The van der Waals surface area contributed by atoms with Crippen molar-refractivity contribution in [3.8, 4) is 16.3 Å². The minimum atomic E-state index is -0.318. The van der Waals surface area contributed by atoms with E-state index in [1.165, 1.54) is 11.0 Å². The van der Waals surface area contributed by atoms with E-state index >= 15 is 0 Å². The first-order valence-electron chi connectivity index (χ1n) is 8.15. The first-order chi connectivity index (χ1) is 12.5. The quantitative estimate of drug-likeness (QED) is 0.650. The van der Waals surface area contributed by atoms with Crippen LogP contribution in [0.25, 0.3) is 10.6 Å². The number of carbonyl (C=O) groups is 1. The van der Waals surface area contributed by atoms with Gasteiger partial charge in [-0.3, -0.25) is 4.79 Å². The van der Waals surface area contributed by atoms with E-state index in [9.17, 15) is 9.18 Å². The maximum absolute atomic E-state index is 13.7. The van der Waals surface area contributed by atoms with Crippen LogP contribution in [0.3, 0.4) is 0 Å². The molecule has 26 heavy (non-hydrogen) atoms. The van der Waals surface area contributed by atoms with Gasteiger partial charge in [0.2, 0.25) is 0 Å². The third-order valence-electron chi connectivity index (χ3n) is 3.87. The van der Waals surface area contributed by atoms with Crippen LogP contribution in [0.15, 0.2) is 53.9 Å². The number of aryl methyl sites for hydroxylation is 1. The summed E-state index contributed by atoms with van der Waals surface area (Å²) in [6.45, 7) is 2.07. The third-order valence-corrected chi connectivity index (χ3v) is 4.88. The average molecular weight is 370 g/mol. The van der Waals surface area contributed by atoms with Gasteiger partial charge in [-0.05, 0) is 37.3 Å². The molecule has 4 nitrogen and oxygen atoms in total. The molecule has 3 rings (SSSR count). The summed E-state index contributed by atoms with van der Waals surface area (Å²) in [4.78, 5) is 18.1. The predicted molar refractivity (Wildman–Crippen MR) is 101 cm³/mol. The second-order valence-electron chi connectivity index (χ2n) is 5.95. The molecule has 3 aromatic rings. The first kappa shape index (κ1) is 18.1. The van der Waals surface area contributed by atoms with Crippen molar-refractivity contribution in [1.29, 1.82) is 0 Å². The highest BCUT2D eigenvalue weighted by Gasteiger charge is 2.12. The van der Waals surface area contributed by atoms with Gasteiger partial charge in [0.15, 0.2) is 6.61 Å². The number of likely N-dealkylation sites (N-methyl/N-ethyl adjacent to an activating group) is 1. The summed E-state index contributed by atoms with van der Waals surface area (Å²) in [6, 6.07) is 13.9. The van der Waals surface area contributed by atoms with Crippen LogP contribution in [0.4, 0.5) is 4.39 Å². The summed E-state index contributed by atoms with van der Waals surface area (Å²) < 4.78 is 19.2. The summed E-state index contributed by atoms with van der Waals surface area (Å²) in [5.74, 6) is 0.0728. The van der Waals surface area contributed by atoms with Gasteiger partial charge in [-0.1, -0.05) is 18.2 Å². The van der Waals surface area contributed by atoms with Crippen molar-refractivity contribution in [1.82, 2.24) is 9.88 Å². The van der Waals surface area contributed by atoms with E-state index in [0.717, 1.165) is 16.3 Å². The molecule has 6 heteroatoms. The molecule has 0 N–H and O–H groups in total. The zero-order valence-electron chi connectivity index (χ0n) is 14.6. The van der Waals surface area contributed by atoms with Gasteiger partial charge in [-0.25, -0.2) is 9.37 Å². The molecule has 0 fully saturated rings. The summed E-state index contributed by atoms with van der Waals surface area (Å²) in [5.41, 5.74) is 2.48. The Balaban J connectivity index is 1.55. The smallest absolute Gasteiger partial charge is 0.260 e. The molecule has 0 unspecified atom stereocenters. The van der Waals surface area contributed by atoms with Gasteiger partial charge >= 0.3 is 0 Å². The number of benzene rings is 2. The van der Waals surface area contributed by atoms with Crippen LogP contribution in [-0.2, 0) is 11.3 Å². The van der Waals surface area contributed by atoms with Crippen molar-refractivity contribution < 1.29 is 13.9 Å². The van der Waals surface area contributed by atoms with Crippen molar-refractivity contribution in [3.63, 3.8) is 0 Å². The molecule has 1 heterocycles. The molecule has 1 aromatic heterocycles. The molecule has 0 saturated heterocycles. The molecule has 2 aromatic carbocycles. The zero-order chi connectivity index (χ0) is 18.5. The highest BCUT2D eigenvalue weighted by atomic mass is 32.1. The fraction of sp³-hybridized carbons (Fsp3) is 0.200. The van der Waals surface area contributed by atoms with Gasteiger partial charge in [0.25, 0.3) is 5.91 Å². The Morgan fingerprint density at radius 2 is 1.92 bits per heavy atom. The number of rotatable bonds is 6. The van der Waals surface area contributed by atoms with Crippen LogP contribution in [0.2, 0.25) is 0 Å². The number of amides is 1. The maximum atomic E-state index is 13.7. The van der Waals surface area contributed by atoms with Crippen molar-refractivity contribution in [2.45, 2.75) is 13.5 Å². The van der Waals surface area contributed by atoms with Crippen LogP contribution < -0.4 is 4.74 Å². The minimum Gasteiger partial charge on any atom is -0.484 e. The van der Waals surface area contributed by atoms with Gasteiger partial charge < -0.3 is 9.64 Å². The summed E-state index contributed by atoms with van der Waals surface area (Å²) in [5, 5.41) is 2.96. The van der Waals surface area contributed by atoms with E-state index in [1.54, 1.807) is 36.6 Å². The van der Waals surface area contributed by atoms with Crippen molar-refractivity contribution >= 4 is 17.2 Å². The zero-order valence-corrected chi connectivity index (χ0v) is 15.4. The van der Waals surface area contributed by atoms with E-state index < -0.39 is 0 Å². The second-order valence-corrected chi connectivity index (χ2v) is 6.81. The SMILES string of the molecule is Cc1csc(-c2ccc(OCC(=O)N(C)Cc3ccccc3F)cc2)n1. The van der Waals surface area contributed by atoms with Gasteiger partial charge in [-0.15, -0.1) is 11.3 Å². The molecule has 0 saturated carbocycles. The Hall–Kier alpha value is -2.73. The lowest BCUT2D eigenvalue weighted by atomic mass is 10.2. The third kappa shape index (κ3) is 4.46. The van der Waals surface area contributed by atoms with E-state index in [2.05, 4.69) is 4.98 Å². The topological polar surface area (TPSA) is 42.4 Å². The Morgan fingerprint density at radius 3 is 2.58 bits per heavy atom. The molecule has 0 aliphatic rings. The highest BCUT2D eigenvalue weighted by Crippen LogP contribution is 2.25. The standard InChI is InChI=1S/C20H19FN2O2S/c1-14-13-26-20(22-14)15-7-9-17(10-8-15)25-12-19(24)23(2)11-16-5-3-4-6-18(16)21/h3-10,13H,11-12H2,1-2H3. The molecule has 134 valence electrons. The fourth-order valence-corrected chi connectivity index (χ4v) is 3.21. The Kier molecular flexibility index (Phi) is 5.63. The van der Waals surface area contributed by atoms with E-state index in [-0.39, 0.29) is 24.9 Å². The lowest BCUT2D eigenvalue weighted by Gasteiger charge is -2.18. The summed E-state index contributed by atoms with van der Waals surface area (Å²) >= 11 is 1.59. The largest absolute Gasteiger partial charge is 0.484 e. The molecule has 0 atom stereocenters. The molecule has 0 radical (unpaired) electrons.